The van der Waals surface area contributed by atoms with E-state index in [1.54, 1.807) is 12.2 Å². The fourth-order valence-corrected chi connectivity index (χ4v) is 1.75. The van der Waals surface area contributed by atoms with E-state index in [9.17, 15) is 4.79 Å². The molecule has 0 unspecified atom stereocenters. The van der Waals surface area contributed by atoms with Crippen LogP contribution in [0.15, 0.2) is 54.6 Å². The van der Waals surface area contributed by atoms with E-state index in [-0.39, 0.29) is 5.91 Å². The summed E-state index contributed by atoms with van der Waals surface area (Å²) in [6, 6.07) is 10.1. The molecule has 0 aliphatic rings. The highest BCUT2D eigenvalue weighted by Crippen LogP contribution is 2.05. The Morgan fingerprint density at radius 2 is 1.80 bits per heavy atom. The molecule has 0 N–H and O–H groups in total. The average molecular weight is 272 g/mol. The van der Waals surface area contributed by atoms with Crippen molar-refractivity contribution in [2.45, 2.75) is 13.5 Å². The summed E-state index contributed by atoms with van der Waals surface area (Å²) in [6.07, 6.45) is 7.18. The Balaban J connectivity index is 2.71. The predicted octanol–water partition coefficient (Wildman–Crippen LogP) is 2.71. The zero-order valence-electron chi connectivity index (χ0n) is 12.6. The summed E-state index contributed by atoms with van der Waals surface area (Å²) in [5.74, 6) is 0.0498. The molecule has 108 valence electrons. The van der Waals surface area contributed by atoms with Gasteiger partial charge in [0, 0.05) is 25.7 Å². The maximum atomic E-state index is 12.2. The molecule has 0 aliphatic heterocycles. The van der Waals surface area contributed by atoms with Crippen LogP contribution >= 0.6 is 0 Å². The average Bonchev–Trinajstić information content (AvgIpc) is 2.44. The summed E-state index contributed by atoms with van der Waals surface area (Å²) in [5.41, 5.74) is 1.15. The van der Waals surface area contributed by atoms with Crippen LogP contribution in [0, 0.1) is 0 Å². The Labute approximate surface area is 122 Å². The number of hydrogen-bond donors (Lipinski definition) is 0. The molecule has 3 nitrogen and oxygen atoms in total. The maximum absolute atomic E-state index is 12.2. The highest BCUT2D eigenvalue weighted by atomic mass is 16.2. The molecule has 0 aromatic heterocycles. The molecule has 1 amide bonds. The number of likely N-dealkylation sites (N-methyl/N-ethyl adjacent to an activating group) is 1. The van der Waals surface area contributed by atoms with Crippen molar-refractivity contribution in [3.63, 3.8) is 0 Å². The molecule has 0 saturated carbocycles. The molecule has 0 heterocycles. The van der Waals surface area contributed by atoms with Gasteiger partial charge in [0.2, 0.25) is 5.91 Å². The quantitative estimate of drug-likeness (QED) is 0.563. The van der Waals surface area contributed by atoms with Gasteiger partial charge in [0.25, 0.3) is 0 Å². The van der Waals surface area contributed by atoms with Gasteiger partial charge in [-0.15, -0.1) is 0 Å². The van der Waals surface area contributed by atoms with E-state index in [0.717, 1.165) is 18.7 Å². The molecule has 0 radical (unpaired) electrons. The Kier molecular flexibility index (Phi) is 7.36. The van der Waals surface area contributed by atoms with Crippen LogP contribution in [0.1, 0.15) is 12.5 Å². The van der Waals surface area contributed by atoms with Crippen molar-refractivity contribution in [3.8, 4) is 0 Å². The third kappa shape index (κ3) is 6.34. The van der Waals surface area contributed by atoms with Gasteiger partial charge >= 0.3 is 0 Å². The lowest BCUT2D eigenvalue weighted by atomic mass is 10.2. The lowest BCUT2D eigenvalue weighted by Crippen LogP contribution is -2.35. The second-order valence-corrected chi connectivity index (χ2v) is 4.93. The van der Waals surface area contributed by atoms with Crippen LogP contribution in [0.4, 0.5) is 0 Å². The minimum Gasteiger partial charge on any atom is -0.334 e. The van der Waals surface area contributed by atoms with Crippen molar-refractivity contribution in [2.75, 3.05) is 27.2 Å². The van der Waals surface area contributed by atoms with Crippen molar-refractivity contribution in [3.05, 3.63) is 60.2 Å². The molecule has 0 bridgehead atoms. The number of hydrogen-bond acceptors (Lipinski definition) is 2. The van der Waals surface area contributed by atoms with Crippen molar-refractivity contribution in [1.82, 2.24) is 9.80 Å². The highest BCUT2D eigenvalue weighted by Gasteiger charge is 2.11. The van der Waals surface area contributed by atoms with E-state index in [0.29, 0.717) is 6.54 Å². The first-order valence-electron chi connectivity index (χ1n) is 6.90. The van der Waals surface area contributed by atoms with Gasteiger partial charge in [0.05, 0.1) is 0 Å². The zero-order valence-corrected chi connectivity index (χ0v) is 12.6. The molecule has 3 heteroatoms. The molecule has 1 rings (SSSR count). The first-order valence-corrected chi connectivity index (χ1v) is 6.90. The minimum absolute atomic E-state index is 0.0498. The molecule has 1 aromatic rings. The molecule has 0 saturated heterocycles. The van der Waals surface area contributed by atoms with Gasteiger partial charge in [-0.2, -0.15) is 0 Å². The smallest absolute Gasteiger partial charge is 0.246 e. The van der Waals surface area contributed by atoms with E-state index >= 15 is 0 Å². The van der Waals surface area contributed by atoms with Crippen molar-refractivity contribution in [1.29, 1.82) is 0 Å². The fraction of sp³-hybridized carbons (Fsp3) is 0.353. The number of carbonyl (C=O) groups is 1. The molecule has 0 aliphatic carbocycles. The summed E-state index contributed by atoms with van der Waals surface area (Å²) in [7, 11) is 4.03. The molecular formula is C17H24N2O. The summed E-state index contributed by atoms with van der Waals surface area (Å²) in [6.45, 7) is 4.16. The Bertz CT molecular complexity index is 449. The van der Waals surface area contributed by atoms with Gasteiger partial charge in [-0.05, 0) is 26.6 Å². The number of amides is 1. The first kappa shape index (κ1) is 16.2. The lowest BCUT2D eigenvalue weighted by Gasteiger charge is -2.23. The van der Waals surface area contributed by atoms with E-state index in [4.69, 9.17) is 0 Å². The van der Waals surface area contributed by atoms with Crippen LogP contribution in [0.25, 0.3) is 0 Å². The minimum atomic E-state index is 0.0498. The maximum Gasteiger partial charge on any atom is 0.246 e. The normalized spacial score (nSPS) is 11.6. The number of nitrogens with zero attached hydrogens (tertiary/aromatic N) is 2. The van der Waals surface area contributed by atoms with Crippen LogP contribution in [-0.2, 0) is 11.3 Å². The molecular weight excluding hydrogens is 248 g/mol. The summed E-state index contributed by atoms with van der Waals surface area (Å²) >= 11 is 0. The second kappa shape index (κ2) is 9.10. The fourth-order valence-electron chi connectivity index (χ4n) is 1.75. The van der Waals surface area contributed by atoms with Gasteiger partial charge in [-0.3, -0.25) is 4.79 Å². The monoisotopic (exact) mass is 272 g/mol. The standard InChI is InChI=1S/C17H24N2O/c1-4-5-7-12-17(20)19(14-13-18(2)3)15-16-10-8-6-9-11-16/h4-12H,13-15H2,1-3H3/b5-4+,12-7+. The zero-order chi connectivity index (χ0) is 14.8. The van der Waals surface area contributed by atoms with Crippen LogP contribution in [-0.4, -0.2) is 42.9 Å². The first-order chi connectivity index (χ1) is 9.63. The Hall–Kier alpha value is -1.87. The molecule has 1 aromatic carbocycles. The lowest BCUT2D eigenvalue weighted by molar-refractivity contribution is -0.126. The van der Waals surface area contributed by atoms with Crippen molar-refractivity contribution in [2.24, 2.45) is 0 Å². The SMILES string of the molecule is C/C=C/C=C/C(=O)N(CCN(C)C)Cc1ccccc1. The van der Waals surface area contributed by atoms with E-state index < -0.39 is 0 Å². The largest absolute Gasteiger partial charge is 0.334 e. The Morgan fingerprint density at radius 1 is 1.10 bits per heavy atom. The summed E-state index contributed by atoms with van der Waals surface area (Å²) in [5, 5.41) is 0. The van der Waals surface area contributed by atoms with E-state index in [2.05, 4.69) is 4.90 Å². The van der Waals surface area contributed by atoms with Gasteiger partial charge in [-0.1, -0.05) is 48.6 Å². The topological polar surface area (TPSA) is 23.6 Å². The predicted molar refractivity (Wildman–Crippen MR) is 84.4 cm³/mol. The number of rotatable bonds is 7. The van der Waals surface area contributed by atoms with Crippen LogP contribution < -0.4 is 0 Å². The Morgan fingerprint density at radius 3 is 2.40 bits per heavy atom. The highest BCUT2D eigenvalue weighted by molar-refractivity contribution is 5.87. The molecule has 0 spiro atoms. The van der Waals surface area contributed by atoms with Gasteiger partial charge < -0.3 is 9.80 Å². The summed E-state index contributed by atoms with van der Waals surface area (Å²) in [4.78, 5) is 16.2. The van der Waals surface area contributed by atoms with Gasteiger partial charge in [0.15, 0.2) is 0 Å². The molecule has 0 fully saturated rings. The molecule has 20 heavy (non-hydrogen) atoms. The molecule has 0 atom stereocenters. The van der Waals surface area contributed by atoms with Crippen LogP contribution in [0.5, 0.6) is 0 Å². The third-order valence-electron chi connectivity index (χ3n) is 2.89. The summed E-state index contributed by atoms with van der Waals surface area (Å²) < 4.78 is 0. The van der Waals surface area contributed by atoms with Gasteiger partial charge in [-0.25, -0.2) is 0 Å². The van der Waals surface area contributed by atoms with Crippen LogP contribution in [0.3, 0.4) is 0 Å². The van der Waals surface area contributed by atoms with E-state index in [1.165, 1.54) is 0 Å². The van der Waals surface area contributed by atoms with Crippen LogP contribution in [0.2, 0.25) is 0 Å². The van der Waals surface area contributed by atoms with E-state index in [1.807, 2.05) is 68.4 Å². The number of benzene rings is 1. The third-order valence-corrected chi connectivity index (χ3v) is 2.89. The number of allylic oxidation sites excluding steroid dienone is 3. The second-order valence-electron chi connectivity index (χ2n) is 4.93. The van der Waals surface area contributed by atoms with Gasteiger partial charge in [0.1, 0.15) is 0 Å². The van der Waals surface area contributed by atoms with Crippen molar-refractivity contribution >= 4 is 5.91 Å². The number of carbonyl (C=O) groups excluding carboxylic acids is 1. The van der Waals surface area contributed by atoms with Crippen molar-refractivity contribution < 1.29 is 4.79 Å².